The van der Waals surface area contributed by atoms with Gasteiger partial charge < -0.3 is 20.1 Å². The third-order valence-electron chi connectivity index (χ3n) is 3.91. The van der Waals surface area contributed by atoms with Crippen LogP contribution in [0.25, 0.3) is 0 Å². The van der Waals surface area contributed by atoms with Crippen molar-refractivity contribution in [2.24, 2.45) is 4.99 Å². The van der Waals surface area contributed by atoms with Gasteiger partial charge in [0, 0.05) is 26.6 Å². The van der Waals surface area contributed by atoms with Crippen molar-refractivity contribution in [2.75, 3.05) is 26.8 Å². The zero-order valence-corrected chi connectivity index (χ0v) is 19.7. The molecule has 1 rings (SSSR count). The van der Waals surface area contributed by atoms with Gasteiger partial charge in [-0.1, -0.05) is 25.0 Å². The molecule has 0 fully saturated rings. The van der Waals surface area contributed by atoms with Crippen molar-refractivity contribution in [3.05, 3.63) is 29.8 Å². The molecule has 1 aromatic rings. The molecule has 0 aliphatic heterocycles. The highest BCUT2D eigenvalue weighted by Crippen LogP contribution is 2.18. The zero-order chi connectivity index (χ0) is 21.5. The Bertz CT molecular complexity index is 626. The lowest BCUT2D eigenvalue weighted by atomic mass is 10.1. The Kier molecular flexibility index (Phi) is 15.1. The molecule has 0 amide bonds. The highest BCUT2D eigenvalue weighted by Gasteiger charge is 2.28. The summed E-state index contributed by atoms with van der Waals surface area (Å²) in [4.78, 5) is 15.4. The van der Waals surface area contributed by atoms with Crippen molar-refractivity contribution in [2.45, 2.75) is 51.7 Å². The Balaban J connectivity index is 0.00000841. The zero-order valence-electron chi connectivity index (χ0n) is 17.4. The molecule has 0 unspecified atom stereocenters. The molecule has 2 N–H and O–H groups in total. The van der Waals surface area contributed by atoms with E-state index in [2.05, 4.69) is 20.4 Å². The van der Waals surface area contributed by atoms with Gasteiger partial charge in [0.05, 0.1) is 6.61 Å². The number of nitrogens with zero attached hydrogens (tertiary/aromatic N) is 1. The first-order valence-electron chi connectivity index (χ1n) is 9.72. The minimum atomic E-state index is -4.35. The number of rotatable bonds is 12. The quantitative estimate of drug-likeness (QED) is 0.134. The van der Waals surface area contributed by atoms with E-state index in [4.69, 9.17) is 4.74 Å². The summed E-state index contributed by atoms with van der Waals surface area (Å²) in [5.74, 6) is 0.681. The average molecular weight is 545 g/mol. The molecule has 0 aliphatic rings. The molecular formula is C20H31F3IN3O3. The molecule has 0 aromatic heterocycles. The smallest absolute Gasteiger partial charge is 0.422 e. The fourth-order valence-electron chi connectivity index (χ4n) is 2.46. The van der Waals surface area contributed by atoms with Crippen LogP contribution in [-0.4, -0.2) is 44.9 Å². The number of aliphatic imine (C=N–C) groups is 1. The summed E-state index contributed by atoms with van der Waals surface area (Å²) in [6.45, 7) is 2.16. The van der Waals surface area contributed by atoms with Crippen LogP contribution in [0.3, 0.4) is 0 Å². The number of hydrogen-bond donors (Lipinski definition) is 2. The first-order valence-corrected chi connectivity index (χ1v) is 9.72. The molecule has 30 heavy (non-hydrogen) atoms. The molecule has 0 bridgehead atoms. The van der Waals surface area contributed by atoms with Gasteiger partial charge >= 0.3 is 12.1 Å². The predicted octanol–water partition coefficient (Wildman–Crippen LogP) is 4.42. The van der Waals surface area contributed by atoms with Crippen molar-refractivity contribution in [1.82, 2.24) is 10.6 Å². The van der Waals surface area contributed by atoms with E-state index in [1.54, 1.807) is 26.1 Å². The Morgan fingerprint density at radius 1 is 1.07 bits per heavy atom. The minimum Gasteiger partial charge on any atom is -0.484 e. The summed E-state index contributed by atoms with van der Waals surface area (Å²) in [5.41, 5.74) is 0.895. The molecular weight excluding hydrogens is 514 g/mol. The molecule has 0 saturated heterocycles. The lowest BCUT2D eigenvalue weighted by molar-refractivity contribution is -0.153. The number of benzene rings is 1. The number of carbonyl (C=O) groups excluding carboxylic acids is 1. The van der Waals surface area contributed by atoms with Gasteiger partial charge in [0.15, 0.2) is 12.6 Å². The van der Waals surface area contributed by atoms with E-state index in [1.807, 2.05) is 0 Å². The van der Waals surface area contributed by atoms with Gasteiger partial charge in [0.2, 0.25) is 0 Å². The lowest BCUT2D eigenvalue weighted by Gasteiger charge is -2.13. The highest BCUT2D eigenvalue weighted by atomic mass is 127. The van der Waals surface area contributed by atoms with E-state index in [9.17, 15) is 18.0 Å². The second-order valence-corrected chi connectivity index (χ2v) is 6.37. The molecule has 0 spiro atoms. The largest absolute Gasteiger partial charge is 0.484 e. The van der Waals surface area contributed by atoms with Gasteiger partial charge in [-0.3, -0.25) is 9.79 Å². The molecule has 1 aromatic carbocycles. The molecule has 172 valence electrons. The van der Waals surface area contributed by atoms with Crippen LogP contribution in [0.5, 0.6) is 5.75 Å². The van der Waals surface area contributed by atoms with Crippen molar-refractivity contribution in [1.29, 1.82) is 0 Å². The minimum absolute atomic E-state index is 0. The number of ether oxygens (including phenoxy) is 2. The third-order valence-corrected chi connectivity index (χ3v) is 3.91. The SMILES string of the molecule is CCOC(=O)CCCCCCNC(=NC)NCc1ccc(OCC(F)(F)F)cc1.I. The van der Waals surface area contributed by atoms with Crippen LogP contribution < -0.4 is 15.4 Å². The molecule has 0 heterocycles. The number of carbonyl (C=O) groups is 1. The van der Waals surface area contributed by atoms with Crippen LogP contribution in [0, 0.1) is 0 Å². The number of esters is 1. The van der Waals surface area contributed by atoms with Gasteiger partial charge in [-0.25, -0.2) is 0 Å². The topological polar surface area (TPSA) is 72.0 Å². The van der Waals surface area contributed by atoms with Crippen LogP contribution in [0.2, 0.25) is 0 Å². The van der Waals surface area contributed by atoms with Gasteiger partial charge in [-0.15, -0.1) is 24.0 Å². The summed E-state index contributed by atoms with van der Waals surface area (Å²) in [6.07, 6.45) is -0.134. The highest BCUT2D eigenvalue weighted by molar-refractivity contribution is 14.0. The molecule has 10 heteroatoms. The van der Waals surface area contributed by atoms with Crippen molar-refractivity contribution in [3.63, 3.8) is 0 Å². The van der Waals surface area contributed by atoms with Gasteiger partial charge in [-0.05, 0) is 37.5 Å². The summed E-state index contributed by atoms with van der Waals surface area (Å²) in [6, 6.07) is 6.43. The Morgan fingerprint density at radius 3 is 2.33 bits per heavy atom. The lowest BCUT2D eigenvalue weighted by Crippen LogP contribution is -2.37. The van der Waals surface area contributed by atoms with E-state index in [-0.39, 0.29) is 35.7 Å². The van der Waals surface area contributed by atoms with E-state index < -0.39 is 12.8 Å². The van der Waals surface area contributed by atoms with Crippen LogP contribution in [0.1, 0.15) is 44.6 Å². The number of unbranched alkanes of at least 4 members (excludes halogenated alkanes) is 3. The average Bonchev–Trinajstić information content (AvgIpc) is 2.68. The molecule has 0 aliphatic carbocycles. The summed E-state index contributed by atoms with van der Waals surface area (Å²) >= 11 is 0. The maximum absolute atomic E-state index is 12.1. The van der Waals surface area contributed by atoms with Gasteiger partial charge in [0.25, 0.3) is 0 Å². The Morgan fingerprint density at radius 2 is 1.73 bits per heavy atom. The van der Waals surface area contributed by atoms with Crippen molar-refractivity contribution >= 4 is 35.9 Å². The van der Waals surface area contributed by atoms with E-state index in [0.29, 0.717) is 25.5 Å². The van der Waals surface area contributed by atoms with Gasteiger partial charge in [-0.2, -0.15) is 13.2 Å². The number of halogens is 4. The van der Waals surface area contributed by atoms with Crippen molar-refractivity contribution < 1.29 is 27.4 Å². The normalized spacial score (nSPS) is 11.4. The maximum atomic E-state index is 12.1. The number of guanidine groups is 1. The molecule has 6 nitrogen and oxygen atoms in total. The monoisotopic (exact) mass is 545 g/mol. The Hall–Kier alpha value is -1.72. The second-order valence-electron chi connectivity index (χ2n) is 6.37. The van der Waals surface area contributed by atoms with E-state index in [1.165, 1.54) is 12.1 Å². The van der Waals surface area contributed by atoms with Crippen molar-refractivity contribution in [3.8, 4) is 5.75 Å². The first kappa shape index (κ1) is 28.3. The number of hydrogen-bond acceptors (Lipinski definition) is 4. The van der Waals surface area contributed by atoms with Crippen LogP contribution >= 0.6 is 24.0 Å². The fraction of sp³-hybridized carbons (Fsp3) is 0.600. The molecule has 0 radical (unpaired) electrons. The molecule has 0 saturated carbocycles. The summed E-state index contributed by atoms with van der Waals surface area (Å²) < 4.78 is 46.0. The summed E-state index contributed by atoms with van der Waals surface area (Å²) in [5, 5.41) is 6.35. The van der Waals surface area contributed by atoms with Crippen LogP contribution in [0.4, 0.5) is 13.2 Å². The molecule has 0 atom stereocenters. The van der Waals surface area contributed by atoms with E-state index in [0.717, 1.165) is 37.8 Å². The summed E-state index contributed by atoms with van der Waals surface area (Å²) in [7, 11) is 1.67. The first-order chi connectivity index (χ1) is 13.8. The van der Waals surface area contributed by atoms with Gasteiger partial charge in [0.1, 0.15) is 5.75 Å². The predicted molar refractivity (Wildman–Crippen MR) is 121 cm³/mol. The van der Waals surface area contributed by atoms with Crippen LogP contribution in [0.15, 0.2) is 29.3 Å². The van der Waals surface area contributed by atoms with E-state index >= 15 is 0 Å². The second kappa shape index (κ2) is 16.0. The number of alkyl halides is 3. The maximum Gasteiger partial charge on any atom is 0.422 e. The third kappa shape index (κ3) is 14.3. The fourth-order valence-corrected chi connectivity index (χ4v) is 2.46. The van der Waals surface area contributed by atoms with Crippen LogP contribution in [-0.2, 0) is 16.1 Å². The Labute approximate surface area is 193 Å². The number of nitrogens with one attached hydrogen (secondary N) is 2. The standard InChI is InChI=1S/C20H30F3N3O3.HI/c1-3-28-18(27)8-6-4-5-7-13-25-19(24-2)26-14-16-9-11-17(12-10-16)29-15-20(21,22)23;/h9-12H,3-8,13-15H2,1-2H3,(H2,24,25,26);1H.